The molecular formula is C14H23N3O10. The summed E-state index contributed by atoms with van der Waals surface area (Å²) in [5, 5.41) is 26.3. The molecule has 3 N–H and O–H groups in total. The molecule has 0 heterocycles. The van der Waals surface area contributed by atoms with E-state index >= 15 is 0 Å². The average molecular weight is 393 g/mol. The van der Waals surface area contributed by atoms with Gasteiger partial charge in [0.15, 0.2) is 0 Å². The van der Waals surface area contributed by atoms with Crippen molar-refractivity contribution in [2.75, 3.05) is 59.9 Å². The second kappa shape index (κ2) is 19.4. The van der Waals surface area contributed by atoms with Gasteiger partial charge in [-0.15, -0.1) is 0 Å². The van der Waals surface area contributed by atoms with Gasteiger partial charge in [0.1, 0.15) is 0 Å². The minimum absolute atomic E-state index is 0.165. The lowest BCUT2D eigenvalue weighted by Gasteiger charge is -2.25. The van der Waals surface area contributed by atoms with E-state index < -0.39 is 17.9 Å². The second-order valence-electron chi connectivity index (χ2n) is 5.14. The van der Waals surface area contributed by atoms with Crippen LogP contribution in [0.4, 0.5) is 0 Å². The summed E-state index contributed by atoms with van der Waals surface area (Å²) in [7, 11) is 3.72. The molecule has 0 bridgehead atoms. The van der Waals surface area contributed by atoms with E-state index in [1.807, 2.05) is 19.0 Å². The predicted octanol–water partition coefficient (Wildman–Crippen LogP) is -2.76. The van der Waals surface area contributed by atoms with Gasteiger partial charge in [0.25, 0.3) is 0 Å². The van der Waals surface area contributed by atoms with Crippen LogP contribution >= 0.6 is 0 Å². The monoisotopic (exact) mass is 393 g/mol. The summed E-state index contributed by atoms with van der Waals surface area (Å²) in [5.74, 6) is -3.21. The van der Waals surface area contributed by atoms with Crippen LogP contribution < -0.4 is 0 Å². The number of aliphatic carboxylic acids is 3. The van der Waals surface area contributed by atoms with Crippen LogP contribution in [0, 0.1) is 0 Å². The second-order valence-corrected chi connectivity index (χ2v) is 5.14. The van der Waals surface area contributed by atoms with Crippen LogP contribution in [0.1, 0.15) is 0 Å². The van der Waals surface area contributed by atoms with Crippen molar-refractivity contribution in [3.05, 3.63) is 0 Å². The molecule has 13 heteroatoms. The topological polar surface area (TPSA) is 190 Å². The highest BCUT2D eigenvalue weighted by atomic mass is 16.4. The standard InChI is InChI=1S/C12H23N3O6.2CO2/c1-13(2)3-4-14(7-10(16)17)5-6-15(8-11(18)19)9-12(20)21;2*2-1-3/h3-9H2,1-2H3,(H,16,17)(H,18,19)(H,20,21);;. The molecule has 0 aliphatic heterocycles. The van der Waals surface area contributed by atoms with Crippen LogP contribution in [0.15, 0.2) is 0 Å². The SMILES string of the molecule is CN(C)CCN(CCN(CC(=O)O)CC(=O)O)CC(=O)O.O=C=O.O=C=O. The minimum Gasteiger partial charge on any atom is -0.480 e. The highest BCUT2D eigenvalue weighted by Gasteiger charge is 2.16. The largest absolute Gasteiger partial charge is 0.480 e. The molecule has 0 aliphatic rings. The molecule has 0 aromatic heterocycles. The number of hydrogen-bond donors (Lipinski definition) is 3. The summed E-state index contributed by atoms with van der Waals surface area (Å²) in [5.41, 5.74) is 0. The molecule has 0 spiro atoms. The number of carbonyl (C=O) groups is 3. The molecule has 154 valence electrons. The van der Waals surface area contributed by atoms with Crippen LogP contribution in [0.25, 0.3) is 0 Å². The molecule has 0 aliphatic carbocycles. The Balaban J connectivity index is -0.000000840. The molecule has 0 fully saturated rings. The number of likely N-dealkylation sites (N-methyl/N-ethyl adjacent to an activating group) is 1. The fraction of sp³-hybridized carbons (Fsp3) is 0.643. The zero-order chi connectivity index (χ0) is 21.8. The van der Waals surface area contributed by atoms with Gasteiger partial charge in [-0.25, -0.2) is 0 Å². The lowest BCUT2D eigenvalue weighted by Crippen LogP contribution is -2.43. The molecule has 0 saturated heterocycles. The number of rotatable bonds is 12. The van der Waals surface area contributed by atoms with E-state index in [1.54, 1.807) is 4.90 Å². The van der Waals surface area contributed by atoms with E-state index in [4.69, 9.17) is 34.5 Å². The lowest BCUT2D eigenvalue weighted by molar-refractivity contribution is -0.193. The third kappa shape index (κ3) is 28.1. The van der Waals surface area contributed by atoms with Gasteiger partial charge in [0, 0.05) is 26.2 Å². The Hall–Kier alpha value is -2.95. The molecule has 0 saturated carbocycles. The number of carboxylic acid groups (broad SMARTS) is 3. The Morgan fingerprint density at radius 1 is 0.630 bits per heavy atom. The van der Waals surface area contributed by atoms with Crippen molar-refractivity contribution >= 4 is 30.2 Å². The van der Waals surface area contributed by atoms with Crippen LogP contribution in [0.2, 0.25) is 0 Å². The van der Waals surface area contributed by atoms with E-state index in [1.165, 1.54) is 4.90 Å². The van der Waals surface area contributed by atoms with E-state index in [2.05, 4.69) is 0 Å². The van der Waals surface area contributed by atoms with E-state index in [9.17, 15) is 14.4 Å². The van der Waals surface area contributed by atoms with Gasteiger partial charge in [-0.3, -0.25) is 24.2 Å². The average Bonchev–Trinajstić information content (AvgIpc) is 2.49. The molecule has 0 aromatic carbocycles. The first-order chi connectivity index (χ1) is 12.5. The van der Waals surface area contributed by atoms with Gasteiger partial charge in [-0.2, -0.15) is 19.2 Å². The molecule has 0 aromatic rings. The Labute approximate surface area is 154 Å². The minimum atomic E-state index is -1.12. The fourth-order valence-corrected chi connectivity index (χ4v) is 1.68. The Morgan fingerprint density at radius 3 is 1.19 bits per heavy atom. The first kappa shape index (κ1) is 28.8. The van der Waals surface area contributed by atoms with Crippen molar-refractivity contribution in [1.29, 1.82) is 0 Å². The molecule has 0 unspecified atom stereocenters. The molecule has 0 rings (SSSR count). The molecule has 27 heavy (non-hydrogen) atoms. The van der Waals surface area contributed by atoms with Crippen LogP contribution in [0.3, 0.4) is 0 Å². The quantitative estimate of drug-likeness (QED) is 0.309. The van der Waals surface area contributed by atoms with Gasteiger partial charge in [0.2, 0.25) is 0 Å². The summed E-state index contributed by atoms with van der Waals surface area (Å²) in [6.07, 6.45) is 0.500. The Kier molecular flexibility index (Phi) is 20.7. The van der Waals surface area contributed by atoms with Gasteiger partial charge < -0.3 is 20.2 Å². The van der Waals surface area contributed by atoms with E-state index in [0.29, 0.717) is 19.6 Å². The van der Waals surface area contributed by atoms with Gasteiger partial charge in [-0.1, -0.05) is 0 Å². The predicted molar refractivity (Wildman–Crippen MR) is 84.4 cm³/mol. The molecule has 0 atom stereocenters. The number of carboxylic acids is 3. The molecular weight excluding hydrogens is 370 g/mol. The zero-order valence-electron chi connectivity index (χ0n) is 15.0. The van der Waals surface area contributed by atoms with Crippen molar-refractivity contribution in [3.8, 4) is 0 Å². The van der Waals surface area contributed by atoms with Crippen molar-refractivity contribution in [1.82, 2.24) is 14.7 Å². The smallest absolute Gasteiger partial charge is 0.373 e. The summed E-state index contributed by atoms with van der Waals surface area (Å²) < 4.78 is 0. The molecule has 0 amide bonds. The lowest BCUT2D eigenvalue weighted by atomic mass is 10.3. The summed E-state index contributed by atoms with van der Waals surface area (Å²) in [6, 6.07) is 0. The highest BCUT2D eigenvalue weighted by Crippen LogP contribution is 1.94. The first-order valence-electron chi connectivity index (χ1n) is 7.27. The first-order valence-corrected chi connectivity index (χ1v) is 7.27. The number of hydrogen-bond acceptors (Lipinski definition) is 10. The summed E-state index contributed by atoms with van der Waals surface area (Å²) >= 11 is 0. The van der Waals surface area contributed by atoms with Crippen molar-refractivity contribution in [2.24, 2.45) is 0 Å². The molecule has 0 radical (unpaired) electrons. The van der Waals surface area contributed by atoms with Crippen LogP contribution in [0.5, 0.6) is 0 Å². The number of carbonyl (C=O) groups excluding carboxylic acids is 4. The van der Waals surface area contributed by atoms with E-state index in [0.717, 1.165) is 0 Å². The highest BCUT2D eigenvalue weighted by molar-refractivity contribution is 5.72. The molecule has 13 nitrogen and oxygen atoms in total. The van der Waals surface area contributed by atoms with Crippen LogP contribution in [-0.4, -0.2) is 120 Å². The number of nitrogens with zero attached hydrogens (tertiary/aromatic N) is 3. The van der Waals surface area contributed by atoms with Crippen molar-refractivity contribution in [3.63, 3.8) is 0 Å². The third-order valence-corrected chi connectivity index (χ3v) is 2.67. The third-order valence-electron chi connectivity index (χ3n) is 2.67. The maximum atomic E-state index is 10.8. The van der Waals surface area contributed by atoms with Crippen molar-refractivity contribution < 1.29 is 48.9 Å². The van der Waals surface area contributed by atoms with Gasteiger partial charge in [0.05, 0.1) is 19.6 Å². The summed E-state index contributed by atoms with van der Waals surface area (Å²) in [6.45, 7) is 0.696. The maximum absolute atomic E-state index is 10.8. The zero-order valence-corrected chi connectivity index (χ0v) is 15.0. The van der Waals surface area contributed by atoms with Gasteiger partial charge in [-0.05, 0) is 14.1 Å². The van der Waals surface area contributed by atoms with Crippen LogP contribution in [-0.2, 0) is 33.6 Å². The van der Waals surface area contributed by atoms with Crippen molar-refractivity contribution in [2.45, 2.75) is 0 Å². The Bertz CT molecular complexity index is 483. The maximum Gasteiger partial charge on any atom is 0.373 e. The fourth-order valence-electron chi connectivity index (χ4n) is 1.68. The Morgan fingerprint density at radius 2 is 0.889 bits per heavy atom. The van der Waals surface area contributed by atoms with E-state index in [-0.39, 0.29) is 38.5 Å². The van der Waals surface area contributed by atoms with Gasteiger partial charge >= 0.3 is 30.2 Å². The normalized spacial score (nSPS) is 9.37. The summed E-state index contributed by atoms with van der Waals surface area (Å²) in [4.78, 5) is 69.5.